The smallest absolute Gasteiger partial charge is 0.251 e. The fourth-order valence-electron chi connectivity index (χ4n) is 10.6. The van der Waals surface area contributed by atoms with Crippen molar-refractivity contribution < 1.29 is 38.3 Å². The summed E-state index contributed by atoms with van der Waals surface area (Å²) < 4.78 is 43.0. The molecular weight excluding hydrogens is 1570 g/mol. The van der Waals surface area contributed by atoms with Gasteiger partial charge in [0.2, 0.25) is 20.4 Å². The van der Waals surface area contributed by atoms with Crippen molar-refractivity contribution in [2.75, 3.05) is 76.8 Å². The number of ether oxygens (including phenoxy) is 6. The van der Waals surface area contributed by atoms with Gasteiger partial charge in [-0.25, -0.2) is 29.9 Å². The predicted molar refractivity (Wildman–Crippen MR) is 384 cm³/mol. The summed E-state index contributed by atoms with van der Waals surface area (Å²) in [6.07, 6.45) is 7.07. The van der Waals surface area contributed by atoms with Crippen LogP contribution in [0.4, 0.5) is 17.5 Å². The Hall–Kier alpha value is -5.69. The summed E-state index contributed by atoms with van der Waals surface area (Å²) in [6, 6.07) is 17.9. The molecule has 0 unspecified atom stereocenters. The first kappa shape index (κ1) is 67.7. The molecule has 0 aliphatic carbocycles. The molecule has 23 nitrogen and oxygen atoms in total. The SMILES string of the molecule is CC(C)(C)CNCCn1c(Sc2cc3c(cc2[124I])OCO3)nc2c(N)nccc21.CC(C)(C)CNCCn1c(Sc2cc3c(cc2[131I])OCO3)nc2c(N)nccc21.C[C@H](O)C(=O)N1CCC(CCn2c(Sc3cc4c(cc3[124I])OCO4)nc3c(N)nccc32)CC1. The lowest BCUT2D eigenvalue weighted by molar-refractivity contribution is -0.140. The highest BCUT2D eigenvalue weighted by atomic mass is 131. The highest BCUT2D eigenvalue weighted by Gasteiger charge is 2.28. The van der Waals surface area contributed by atoms with Gasteiger partial charge in [-0.15, -0.1) is 0 Å². The van der Waals surface area contributed by atoms with Crippen LogP contribution in [0.3, 0.4) is 0 Å². The number of hydrogen-bond donors (Lipinski definition) is 6. The number of aromatic nitrogens is 9. The van der Waals surface area contributed by atoms with Gasteiger partial charge in [-0.05, 0) is 165 Å². The van der Waals surface area contributed by atoms with Gasteiger partial charge in [-0.3, -0.25) is 4.79 Å². The number of carbonyl (C=O) groups is 1. The van der Waals surface area contributed by atoms with Crippen molar-refractivity contribution >= 4 is 160 Å². The molecule has 1 amide bonds. The third-order valence-corrected chi connectivity index (χ3v) is 22.2. The largest absolute Gasteiger partial charge is 0.454 e. The number of rotatable bonds is 18. The van der Waals surface area contributed by atoms with Crippen molar-refractivity contribution in [3.8, 4) is 34.5 Å². The van der Waals surface area contributed by atoms with Crippen LogP contribution in [0.2, 0.25) is 0 Å². The van der Waals surface area contributed by atoms with Crippen molar-refractivity contribution in [3.05, 3.63) is 83.9 Å². The van der Waals surface area contributed by atoms with Gasteiger partial charge in [0.05, 0.1) is 16.6 Å². The molecule has 0 saturated carbocycles. The number of imidazole rings is 3. The molecule has 4 aliphatic rings. The number of aryl methyl sites for hydroxylation is 1. The van der Waals surface area contributed by atoms with Crippen LogP contribution >= 0.6 is 103 Å². The van der Waals surface area contributed by atoms with E-state index >= 15 is 0 Å². The number of anilines is 3. The summed E-state index contributed by atoms with van der Waals surface area (Å²) in [5, 5.41) is 19.3. The number of carbonyl (C=O) groups excluding carboxylic acids is 1. The summed E-state index contributed by atoms with van der Waals surface area (Å²) in [5.41, 5.74) is 24.0. The van der Waals surface area contributed by atoms with Gasteiger partial charge in [0.25, 0.3) is 5.91 Å². The number of nitrogen functional groups attached to an aromatic ring is 3. The molecule has 29 heteroatoms. The Balaban J connectivity index is 0.000000142. The maximum atomic E-state index is 12.1. The van der Waals surface area contributed by atoms with E-state index in [9.17, 15) is 9.90 Å². The van der Waals surface area contributed by atoms with Crippen molar-refractivity contribution in [2.24, 2.45) is 16.7 Å². The van der Waals surface area contributed by atoms with Gasteiger partial charge in [0.1, 0.15) is 22.7 Å². The van der Waals surface area contributed by atoms with Crippen LogP contribution in [0.5, 0.6) is 34.5 Å². The molecule has 1 fully saturated rings. The minimum absolute atomic E-state index is 0.181. The second-order valence-electron chi connectivity index (χ2n) is 24.8. The summed E-state index contributed by atoms with van der Waals surface area (Å²) in [7, 11) is 0. The molecule has 3 aromatic carbocycles. The van der Waals surface area contributed by atoms with Crippen LogP contribution in [0, 0.1) is 27.5 Å². The van der Waals surface area contributed by atoms with Crippen molar-refractivity contribution in [2.45, 2.75) is 124 Å². The first-order valence-electron chi connectivity index (χ1n) is 30.1. The first-order chi connectivity index (χ1) is 44.0. The second kappa shape index (κ2) is 29.5. The highest BCUT2D eigenvalue weighted by molar-refractivity contribution is 14.1. The summed E-state index contributed by atoms with van der Waals surface area (Å²) in [6.45, 7) is 23.0. The highest BCUT2D eigenvalue weighted by Crippen LogP contribution is 2.45. The molecule has 488 valence electrons. The summed E-state index contributed by atoms with van der Waals surface area (Å²) in [4.78, 5) is 44.1. The van der Waals surface area contributed by atoms with E-state index < -0.39 is 6.10 Å². The summed E-state index contributed by atoms with van der Waals surface area (Å²) in [5.74, 6) is 6.24. The summed E-state index contributed by atoms with van der Waals surface area (Å²) >= 11 is 11.7. The Morgan fingerprint density at radius 2 is 0.957 bits per heavy atom. The van der Waals surface area contributed by atoms with Crippen LogP contribution in [-0.4, -0.2) is 125 Å². The van der Waals surface area contributed by atoms with Crippen LogP contribution in [0.15, 0.2) is 103 Å². The standard InChI is InChI=1S/C23H26IN5O4S.2C20H24IN5O2S/c1-13(30)22(31)28-7-3-14(4-8-28)5-9-29-16-2-6-26-21(25)20(16)27-23(29)34-19-11-18-17(10-15(19)24)32-12-33-18;2*1-20(2,3)10-23-6-7-26-13-4-5-24-18(22)17(13)25-19(26)29-16-9-15-14(8-12(16)21)27-11-28-15/h2,6,10-11,13-14,30H,3-5,7-9,12H2,1H3,(H2,25,26);2*4-5,8-9,23H,6-7,10-11H2,1-3H3,(H2,22,24)/t13-;;/m0../s1/i24-3;21+4;21-3. The number of fused-ring (bicyclic) bond motifs is 6. The zero-order chi connectivity index (χ0) is 65.0. The molecule has 9 N–H and O–H groups in total. The molecule has 13 rings (SSSR count). The minimum atomic E-state index is -0.938. The number of halogens is 3. The molecule has 0 radical (unpaired) electrons. The number of nitrogens with zero attached hydrogens (tertiary/aromatic N) is 10. The molecule has 4 aliphatic heterocycles. The number of likely N-dealkylation sites (tertiary alicyclic amines) is 1. The Morgan fingerprint density at radius 3 is 1.35 bits per heavy atom. The maximum absolute atomic E-state index is 12.1. The Labute approximate surface area is 587 Å². The molecule has 0 spiro atoms. The number of pyridine rings is 3. The van der Waals surface area contributed by atoms with Gasteiger partial charge in [0, 0.05) is 103 Å². The van der Waals surface area contributed by atoms with Gasteiger partial charge in [0.15, 0.2) is 67.4 Å². The monoisotopic (exact) mass is 1640 g/mol. The van der Waals surface area contributed by atoms with Crippen LogP contribution < -0.4 is 56.3 Å². The van der Waals surface area contributed by atoms with E-state index in [1.54, 1.807) is 58.8 Å². The van der Waals surface area contributed by atoms with E-state index in [0.29, 0.717) is 42.0 Å². The van der Waals surface area contributed by atoms with E-state index in [-0.39, 0.29) is 37.1 Å². The second-order valence-corrected chi connectivity index (χ2v) is 31.3. The molecule has 1 atom stereocenters. The lowest BCUT2D eigenvalue weighted by Crippen LogP contribution is -2.43. The molecule has 6 aromatic heterocycles. The average Bonchev–Trinajstić information content (AvgIpc) is 1.96. The van der Waals surface area contributed by atoms with E-state index in [0.717, 1.165) is 168 Å². The van der Waals surface area contributed by atoms with Crippen LogP contribution in [0.25, 0.3) is 33.1 Å². The van der Waals surface area contributed by atoms with Crippen molar-refractivity contribution in [1.82, 2.24) is 59.1 Å². The van der Waals surface area contributed by atoms with E-state index in [2.05, 4.69) is 149 Å². The van der Waals surface area contributed by atoms with Crippen molar-refractivity contribution in [1.29, 1.82) is 0 Å². The maximum Gasteiger partial charge on any atom is 0.251 e. The lowest BCUT2D eigenvalue weighted by atomic mass is 9.93. The van der Waals surface area contributed by atoms with E-state index in [4.69, 9.17) is 60.6 Å². The molecule has 10 heterocycles. The lowest BCUT2D eigenvalue weighted by Gasteiger charge is -2.32. The minimum Gasteiger partial charge on any atom is -0.454 e. The Morgan fingerprint density at radius 1 is 0.598 bits per heavy atom. The normalized spacial score (nSPS) is 14.7. The van der Waals surface area contributed by atoms with Crippen LogP contribution in [-0.2, 0) is 24.4 Å². The number of hydrogen-bond acceptors (Lipinski definition) is 22. The van der Waals surface area contributed by atoms with Gasteiger partial charge in [-0.2, -0.15) is 0 Å². The molecule has 0 bridgehead atoms. The van der Waals surface area contributed by atoms with E-state index in [1.165, 1.54) is 6.92 Å². The van der Waals surface area contributed by atoms with Gasteiger partial charge in [-0.1, -0.05) is 76.8 Å². The first-order valence-corrected chi connectivity index (χ1v) is 35.7. The zero-order valence-electron chi connectivity index (χ0n) is 52.1. The Kier molecular flexibility index (Phi) is 21.7. The van der Waals surface area contributed by atoms with Gasteiger partial charge < -0.3 is 80.0 Å². The van der Waals surface area contributed by atoms with Gasteiger partial charge >= 0.3 is 0 Å². The Bertz CT molecular complexity index is 3980. The third kappa shape index (κ3) is 16.3. The third-order valence-electron chi connectivity index (χ3n) is 15.2. The fourth-order valence-corrected chi connectivity index (χ4v) is 15.8. The number of benzene rings is 3. The van der Waals surface area contributed by atoms with E-state index in [1.807, 2.05) is 54.6 Å². The number of nitrogens with two attached hydrogens (primary N) is 3. The van der Waals surface area contributed by atoms with Crippen LogP contribution in [0.1, 0.15) is 67.7 Å². The zero-order valence-corrected chi connectivity index (χ0v) is 61.0. The quantitative estimate of drug-likeness (QED) is 0.0344. The molecule has 9 aromatic rings. The predicted octanol–water partition coefficient (Wildman–Crippen LogP) is 11.8. The molecule has 92 heavy (non-hydrogen) atoms. The number of amides is 1. The fraction of sp³-hybridized carbons (Fsp3) is 0.413. The average molecular weight is 1640 g/mol. The molecular formula is C63H74I3N15O8S3. The number of nitrogens with one attached hydrogen (secondary N) is 2. The van der Waals surface area contributed by atoms with Crippen molar-refractivity contribution in [3.63, 3.8) is 0 Å². The number of piperidine rings is 1. The number of aliphatic hydroxyl groups excluding tert-OH is 1. The number of aliphatic hydroxyl groups is 1. The topological polar surface area (TPSA) is 290 Å². The molecule has 1 saturated heterocycles.